The third-order valence-electron chi connectivity index (χ3n) is 6.79. The van der Waals surface area contributed by atoms with Crippen molar-refractivity contribution in [1.29, 1.82) is 0 Å². The number of nitrogens with one attached hydrogen (secondary N) is 2. The summed E-state index contributed by atoms with van der Waals surface area (Å²) in [7, 11) is 0. The number of esters is 1. The summed E-state index contributed by atoms with van der Waals surface area (Å²) in [6.07, 6.45) is 0.265. The third kappa shape index (κ3) is 7.83. The number of hydrogen-bond acceptors (Lipinski definition) is 6. The number of hydrogen-bond donors (Lipinski definition) is 2. The van der Waals surface area contributed by atoms with Gasteiger partial charge in [-0.1, -0.05) is 96.6 Å². The van der Waals surface area contributed by atoms with E-state index in [1.165, 1.54) is 23.1 Å². The second-order valence-electron chi connectivity index (χ2n) is 10.1. The Morgan fingerprint density at radius 3 is 2.25 bits per heavy atom. The topological polar surface area (TPSA) is 84.5 Å². The van der Waals surface area contributed by atoms with Crippen molar-refractivity contribution < 1.29 is 19.1 Å². The molecule has 0 radical (unpaired) electrons. The van der Waals surface area contributed by atoms with E-state index in [1.807, 2.05) is 121 Å². The number of aryl methyl sites for hydroxylation is 1. The molecule has 0 aliphatic rings. The summed E-state index contributed by atoms with van der Waals surface area (Å²) in [4.78, 5) is 40.6. The van der Waals surface area contributed by atoms with Crippen molar-refractivity contribution in [3.05, 3.63) is 137 Å². The molecule has 0 fully saturated rings. The van der Waals surface area contributed by atoms with Crippen LogP contribution >= 0.6 is 23.1 Å². The number of thiophene rings is 1. The summed E-state index contributed by atoms with van der Waals surface area (Å²) < 4.78 is 5.39. The number of benzene rings is 4. The molecular formula is C36H32N2O4S2. The van der Waals surface area contributed by atoms with E-state index in [2.05, 4.69) is 10.6 Å². The maximum Gasteiger partial charge on any atom is 0.341 e. The zero-order valence-electron chi connectivity index (χ0n) is 24.4. The lowest BCUT2D eigenvalue weighted by Gasteiger charge is -2.18. The summed E-state index contributed by atoms with van der Waals surface area (Å²) in [6.45, 7) is 3.98. The molecule has 0 saturated carbocycles. The molecular weight excluding hydrogens is 589 g/mol. The zero-order valence-corrected chi connectivity index (χ0v) is 26.0. The molecule has 1 atom stereocenters. The normalized spacial score (nSPS) is 11.4. The number of carbonyl (C=O) groups is 3. The molecule has 0 aliphatic heterocycles. The maximum atomic E-state index is 14.0. The SMILES string of the molecule is CCOC(=O)c1c(-c2ccc(C)cc2)csc1NC(=O)C(Sc1cccc(NC(=O)Cc2ccccc2)c1)c1ccccc1. The van der Waals surface area contributed by atoms with Crippen LogP contribution in [0.25, 0.3) is 11.1 Å². The first-order valence-corrected chi connectivity index (χ1v) is 16.0. The van der Waals surface area contributed by atoms with Crippen molar-refractivity contribution >= 4 is 51.6 Å². The van der Waals surface area contributed by atoms with Gasteiger partial charge in [-0.25, -0.2) is 4.79 Å². The van der Waals surface area contributed by atoms with E-state index in [-0.39, 0.29) is 24.8 Å². The van der Waals surface area contributed by atoms with Crippen LogP contribution in [0.15, 0.2) is 119 Å². The molecule has 2 amide bonds. The Morgan fingerprint density at radius 2 is 1.55 bits per heavy atom. The molecule has 0 bridgehead atoms. The summed E-state index contributed by atoms with van der Waals surface area (Å²) >= 11 is 2.67. The van der Waals surface area contributed by atoms with Gasteiger partial charge in [0.2, 0.25) is 11.8 Å². The Hall–Kier alpha value is -4.66. The van der Waals surface area contributed by atoms with Gasteiger partial charge in [-0.15, -0.1) is 23.1 Å². The molecule has 6 nitrogen and oxygen atoms in total. The van der Waals surface area contributed by atoms with Gasteiger partial charge in [-0.05, 0) is 48.7 Å². The smallest absolute Gasteiger partial charge is 0.341 e. The number of thioether (sulfide) groups is 1. The molecule has 5 rings (SSSR count). The average Bonchev–Trinajstić information content (AvgIpc) is 3.44. The number of anilines is 2. The molecule has 1 unspecified atom stereocenters. The standard InChI is InChI=1S/C36H32N2O4S2/c1-3-42-36(41)32-30(26-19-17-24(2)18-20-26)23-43-35(32)38-34(40)33(27-13-8-5-9-14-27)44-29-16-10-15-28(22-29)37-31(39)21-25-11-6-4-7-12-25/h4-20,22-23,33H,3,21H2,1-2H3,(H,37,39)(H,38,40). The van der Waals surface area contributed by atoms with Crippen molar-refractivity contribution in [2.24, 2.45) is 0 Å². The lowest BCUT2D eigenvalue weighted by atomic mass is 10.0. The van der Waals surface area contributed by atoms with Gasteiger partial charge < -0.3 is 15.4 Å². The minimum atomic E-state index is -0.633. The molecule has 222 valence electrons. The van der Waals surface area contributed by atoms with E-state index in [9.17, 15) is 14.4 Å². The highest BCUT2D eigenvalue weighted by Gasteiger charge is 2.27. The lowest BCUT2D eigenvalue weighted by Crippen LogP contribution is -2.20. The van der Waals surface area contributed by atoms with Crippen molar-refractivity contribution in [2.75, 3.05) is 17.2 Å². The van der Waals surface area contributed by atoms with Crippen LogP contribution in [0, 0.1) is 6.92 Å². The number of rotatable bonds is 11. The van der Waals surface area contributed by atoms with Gasteiger partial charge in [0.25, 0.3) is 0 Å². The predicted molar refractivity (Wildman–Crippen MR) is 179 cm³/mol. The average molecular weight is 621 g/mol. The monoisotopic (exact) mass is 620 g/mol. The van der Waals surface area contributed by atoms with Crippen LogP contribution < -0.4 is 10.6 Å². The first-order valence-electron chi connectivity index (χ1n) is 14.2. The van der Waals surface area contributed by atoms with E-state index in [0.717, 1.165) is 27.1 Å². The van der Waals surface area contributed by atoms with Crippen molar-refractivity contribution in [1.82, 2.24) is 0 Å². The van der Waals surface area contributed by atoms with Crippen LogP contribution in [0.2, 0.25) is 0 Å². The van der Waals surface area contributed by atoms with Gasteiger partial charge >= 0.3 is 5.97 Å². The highest BCUT2D eigenvalue weighted by molar-refractivity contribution is 8.00. The van der Waals surface area contributed by atoms with Crippen LogP contribution in [-0.2, 0) is 20.7 Å². The molecule has 0 saturated heterocycles. The molecule has 0 spiro atoms. The largest absolute Gasteiger partial charge is 0.462 e. The summed E-state index contributed by atoms with van der Waals surface area (Å²) in [5.74, 6) is -0.880. The summed E-state index contributed by atoms with van der Waals surface area (Å²) in [5.41, 5.74) is 5.42. The van der Waals surface area contributed by atoms with Gasteiger partial charge in [0, 0.05) is 21.5 Å². The Morgan fingerprint density at radius 1 is 0.841 bits per heavy atom. The third-order valence-corrected chi connectivity index (χ3v) is 8.93. The Bertz CT molecular complexity index is 1740. The zero-order chi connectivity index (χ0) is 30.9. The molecule has 8 heteroatoms. The second kappa shape index (κ2) is 14.7. The first-order chi connectivity index (χ1) is 21.4. The molecule has 4 aromatic carbocycles. The lowest BCUT2D eigenvalue weighted by molar-refractivity contribution is -0.116. The molecule has 2 N–H and O–H groups in total. The van der Waals surface area contributed by atoms with Gasteiger partial charge in [-0.2, -0.15) is 0 Å². The van der Waals surface area contributed by atoms with Crippen LogP contribution in [-0.4, -0.2) is 24.4 Å². The number of carbonyl (C=O) groups excluding carboxylic acids is 3. The van der Waals surface area contributed by atoms with Crippen LogP contribution in [0.4, 0.5) is 10.7 Å². The van der Waals surface area contributed by atoms with Crippen molar-refractivity contribution in [3.8, 4) is 11.1 Å². The Balaban J connectivity index is 1.39. The van der Waals surface area contributed by atoms with Crippen LogP contribution in [0.1, 0.15) is 39.2 Å². The fourth-order valence-electron chi connectivity index (χ4n) is 4.65. The van der Waals surface area contributed by atoms with E-state index in [4.69, 9.17) is 4.74 Å². The van der Waals surface area contributed by atoms with Gasteiger partial charge in [-0.3, -0.25) is 9.59 Å². The minimum absolute atomic E-state index is 0.121. The van der Waals surface area contributed by atoms with Crippen LogP contribution in [0.3, 0.4) is 0 Å². The Labute approximate surface area is 265 Å². The van der Waals surface area contributed by atoms with E-state index >= 15 is 0 Å². The molecule has 1 aromatic heterocycles. The van der Waals surface area contributed by atoms with Gasteiger partial charge in [0.05, 0.1) is 13.0 Å². The molecule has 44 heavy (non-hydrogen) atoms. The predicted octanol–water partition coefficient (Wildman–Crippen LogP) is 8.55. The van der Waals surface area contributed by atoms with Crippen molar-refractivity contribution in [3.63, 3.8) is 0 Å². The number of amides is 2. The van der Waals surface area contributed by atoms with Crippen molar-refractivity contribution in [2.45, 2.75) is 30.4 Å². The highest BCUT2D eigenvalue weighted by atomic mass is 32.2. The fraction of sp³-hybridized carbons (Fsp3) is 0.139. The fourth-order valence-corrected chi connectivity index (χ4v) is 6.69. The van der Waals surface area contributed by atoms with Crippen LogP contribution in [0.5, 0.6) is 0 Å². The quantitative estimate of drug-likeness (QED) is 0.114. The van der Waals surface area contributed by atoms with E-state index in [0.29, 0.717) is 21.8 Å². The van der Waals surface area contributed by atoms with Gasteiger partial charge in [0.1, 0.15) is 15.8 Å². The molecule has 0 aliphatic carbocycles. The molecule has 1 heterocycles. The highest BCUT2D eigenvalue weighted by Crippen LogP contribution is 2.40. The second-order valence-corrected chi connectivity index (χ2v) is 12.1. The van der Waals surface area contributed by atoms with Gasteiger partial charge in [0.15, 0.2) is 0 Å². The summed E-state index contributed by atoms with van der Waals surface area (Å²) in [5, 5.41) is 7.67. The minimum Gasteiger partial charge on any atom is -0.462 e. The summed E-state index contributed by atoms with van der Waals surface area (Å²) in [6, 6.07) is 34.4. The van der Waals surface area contributed by atoms with E-state index in [1.54, 1.807) is 6.92 Å². The maximum absolute atomic E-state index is 14.0. The molecule has 5 aromatic rings. The number of ether oxygens (including phenoxy) is 1. The Kier molecular flexibility index (Phi) is 10.3. The van der Waals surface area contributed by atoms with E-state index < -0.39 is 11.2 Å². The first kappa shape index (κ1) is 30.8.